The van der Waals surface area contributed by atoms with Gasteiger partial charge in [0.05, 0.1) is 11.8 Å². The molecule has 124 valence electrons. The molecule has 24 heavy (non-hydrogen) atoms. The first-order chi connectivity index (χ1) is 11.7. The van der Waals surface area contributed by atoms with E-state index in [2.05, 4.69) is 16.1 Å². The van der Waals surface area contributed by atoms with Gasteiger partial charge in [0.15, 0.2) is 0 Å². The molecule has 0 bridgehead atoms. The first kappa shape index (κ1) is 15.2. The summed E-state index contributed by atoms with van der Waals surface area (Å²) in [5.74, 6) is 1.13. The van der Waals surface area contributed by atoms with E-state index in [1.165, 1.54) is 5.56 Å². The molecule has 0 amide bonds. The largest absolute Gasteiger partial charge is 0.396 e. The third-order valence-corrected chi connectivity index (χ3v) is 5.28. The Hall–Kier alpha value is -2.39. The standard InChI is InChI=1S/C18H21N5O/c1-22-8-14(7-20-22)16-10-23(9-15(16)11-24)18-13(6-19)5-12-3-2-4-17(12)21-18/h5,7-8,15-16,24H,2-4,9-11H2,1H3/t15-,16-/m0/s1. The quantitative estimate of drug-likeness (QED) is 0.923. The van der Waals surface area contributed by atoms with Crippen LogP contribution < -0.4 is 4.90 Å². The lowest BCUT2D eigenvalue weighted by molar-refractivity contribution is 0.227. The Morgan fingerprint density at radius 3 is 2.96 bits per heavy atom. The van der Waals surface area contributed by atoms with Crippen molar-refractivity contribution in [2.45, 2.75) is 25.2 Å². The summed E-state index contributed by atoms with van der Waals surface area (Å²) >= 11 is 0. The lowest BCUT2D eigenvalue weighted by Crippen LogP contribution is -2.23. The number of hydrogen-bond donors (Lipinski definition) is 1. The maximum atomic E-state index is 9.81. The Morgan fingerprint density at radius 1 is 1.38 bits per heavy atom. The summed E-state index contributed by atoms with van der Waals surface area (Å²) in [6.07, 6.45) is 7.02. The zero-order valence-corrected chi connectivity index (χ0v) is 13.8. The summed E-state index contributed by atoms with van der Waals surface area (Å²) in [6, 6.07) is 4.32. The van der Waals surface area contributed by atoms with Gasteiger partial charge in [-0.05, 0) is 36.5 Å². The smallest absolute Gasteiger partial charge is 0.146 e. The van der Waals surface area contributed by atoms with Crippen molar-refractivity contribution in [1.82, 2.24) is 14.8 Å². The molecule has 1 aliphatic heterocycles. The van der Waals surface area contributed by atoms with E-state index in [1.54, 1.807) is 4.68 Å². The highest BCUT2D eigenvalue weighted by Crippen LogP contribution is 2.36. The number of nitrogens with zero attached hydrogens (tertiary/aromatic N) is 5. The van der Waals surface area contributed by atoms with E-state index in [0.717, 1.165) is 49.4 Å². The van der Waals surface area contributed by atoms with Crippen LogP contribution in [0.2, 0.25) is 0 Å². The number of aromatic nitrogens is 3. The predicted molar refractivity (Wildman–Crippen MR) is 89.7 cm³/mol. The van der Waals surface area contributed by atoms with Crippen LogP contribution >= 0.6 is 0 Å². The second-order valence-corrected chi connectivity index (χ2v) is 6.83. The van der Waals surface area contributed by atoms with Crippen molar-refractivity contribution < 1.29 is 5.11 Å². The van der Waals surface area contributed by atoms with Gasteiger partial charge in [0.25, 0.3) is 0 Å². The number of aryl methyl sites for hydroxylation is 3. The molecule has 3 heterocycles. The lowest BCUT2D eigenvalue weighted by atomic mass is 9.92. The van der Waals surface area contributed by atoms with Gasteiger partial charge in [-0.2, -0.15) is 10.4 Å². The van der Waals surface area contributed by atoms with Gasteiger partial charge in [0, 0.05) is 50.5 Å². The van der Waals surface area contributed by atoms with Gasteiger partial charge in [0.2, 0.25) is 0 Å². The zero-order chi connectivity index (χ0) is 16.7. The fourth-order valence-electron chi connectivity index (χ4n) is 4.02. The number of fused-ring (bicyclic) bond motifs is 1. The first-order valence-electron chi connectivity index (χ1n) is 8.47. The minimum Gasteiger partial charge on any atom is -0.396 e. The van der Waals surface area contributed by atoms with Crippen LogP contribution in [0, 0.1) is 17.2 Å². The van der Waals surface area contributed by atoms with Crippen LogP contribution in [0.15, 0.2) is 18.5 Å². The fraction of sp³-hybridized carbons (Fsp3) is 0.500. The van der Waals surface area contributed by atoms with E-state index in [1.807, 2.05) is 25.5 Å². The minimum atomic E-state index is 0.128. The molecular formula is C18H21N5O. The molecule has 0 saturated carbocycles. The Bertz CT molecular complexity index is 806. The molecule has 2 aromatic heterocycles. The van der Waals surface area contributed by atoms with Gasteiger partial charge in [-0.1, -0.05) is 0 Å². The molecule has 2 aromatic rings. The van der Waals surface area contributed by atoms with Gasteiger partial charge in [-0.3, -0.25) is 4.68 Å². The number of aliphatic hydroxyl groups excluding tert-OH is 1. The highest BCUT2D eigenvalue weighted by molar-refractivity contribution is 5.58. The second kappa shape index (κ2) is 5.91. The van der Waals surface area contributed by atoms with E-state index >= 15 is 0 Å². The monoisotopic (exact) mass is 323 g/mol. The lowest BCUT2D eigenvalue weighted by Gasteiger charge is -2.19. The molecule has 1 aliphatic carbocycles. The zero-order valence-electron chi connectivity index (χ0n) is 13.8. The summed E-state index contributed by atoms with van der Waals surface area (Å²) in [4.78, 5) is 6.97. The molecule has 1 N–H and O–H groups in total. The molecule has 0 unspecified atom stereocenters. The minimum absolute atomic E-state index is 0.128. The highest BCUT2D eigenvalue weighted by atomic mass is 16.3. The maximum absolute atomic E-state index is 9.81. The number of anilines is 1. The van der Waals surface area contributed by atoms with Crippen molar-refractivity contribution in [3.8, 4) is 6.07 Å². The Morgan fingerprint density at radius 2 is 2.25 bits per heavy atom. The average molecular weight is 323 g/mol. The van der Waals surface area contributed by atoms with Crippen molar-refractivity contribution in [3.05, 3.63) is 40.8 Å². The van der Waals surface area contributed by atoms with Crippen LogP contribution in [0.25, 0.3) is 0 Å². The Kier molecular flexibility index (Phi) is 3.73. The molecule has 6 nitrogen and oxygen atoms in total. The maximum Gasteiger partial charge on any atom is 0.146 e. The van der Waals surface area contributed by atoms with Crippen LogP contribution in [0.3, 0.4) is 0 Å². The molecule has 0 aromatic carbocycles. The Balaban J connectivity index is 1.67. The summed E-state index contributed by atoms with van der Waals surface area (Å²) in [5.41, 5.74) is 4.14. The average Bonchev–Trinajstić information content (AvgIpc) is 3.31. The molecule has 1 fully saturated rings. The summed E-state index contributed by atoms with van der Waals surface area (Å²) in [6.45, 7) is 1.61. The second-order valence-electron chi connectivity index (χ2n) is 6.83. The number of aliphatic hydroxyl groups is 1. The third-order valence-electron chi connectivity index (χ3n) is 5.28. The van der Waals surface area contributed by atoms with Crippen LogP contribution in [0.1, 0.15) is 34.7 Å². The summed E-state index contributed by atoms with van der Waals surface area (Å²) in [5, 5.41) is 23.6. The van der Waals surface area contributed by atoms with E-state index in [9.17, 15) is 10.4 Å². The number of nitriles is 1. The van der Waals surface area contributed by atoms with E-state index in [0.29, 0.717) is 5.56 Å². The van der Waals surface area contributed by atoms with E-state index in [4.69, 9.17) is 4.98 Å². The fourth-order valence-corrected chi connectivity index (χ4v) is 4.02. The first-order valence-corrected chi connectivity index (χ1v) is 8.47. The van der Waals surface area contributed by atoms with E-state index < -0.39 is 0 Å². The van der Waals surface area contributed by atoms with Crippen molar-refractivity contribution in [2.24, 2.45) is 13.0 Å². The van der Waals surface area contributed by atoms with Crippen molar-refractivity contribution >= 4 is 5.82 Å². The van der Waals surface area contributed by atoms with Gasteiger partial charge in [-0.15, -0.1) is 0 Å². The van der Waals surface area contributed by atoms with Gasteiger partial charge in [-0.25, -0.2) is 4.98 Å². The molecule has 0 spiro atoms. The summed E-state index contributed by atoms with van der Waals surface area (Å²) in [7, 11) is 1.90. The van der Waals surface area contributed by atoms with Gasteiger partial charge >= 0.3 is 0 Å². The van der Waals surface area contributed by atoms with Crippen LogP contribution in [0.4, 0.5) is 5.82 Å². The molecular weight excluding hydrogens is 302 g/mol. The van der Waals surface area contributed by atoms with Crippen LogP contribution in [-0.2, 0) is 19.9 Å². The molecule has 0 radical (unpaired) electrons. The van der Waals surface area contributed by atoms with Crippen molar-refractivity contribution in [2.75, 3.05) is 24.6 Å². The van der Waals surface area contributed by atoms with Crippen LogP contribution in [0.5, 0.6) is 0 Å². The molecule has 2 aliphatic rings. The van der Waals surface area contributed by atoms with Crippen molar-refractivity contribution in [3.63, 3.8) is 0 Å². The predicted octanol–water partition coefficient (Wildman–Crippen LogP) is 1.39. The molecule has 2 atom stereocenters. The number of pyridine rings is 1. The summed E-state index contributed by atoms with van der Waals surface area (Å²) < 4.78 is 1.79. The topological polar surface area (TPSA) is 78.0 Å². The molecule has 1 saturated heterocycles. The Labute approximate surface area is 141 Å². The SMILES string of the molecule is Cn1cc([C@@H]2CN(c3nc4c(cc3C#N)CCC4)C[C@H]2CO)cn1. The number of hydrogen-bond acceptors (Lipinski definition) is 5. The third kappa shape index (κ3) is 2.45. The normalized spacial score (nSPS) is 22.6. The number of rotatable bonds is 3. The van der Waals surface area contributed by atoms with Gasteiger partial charge in [0.1, 0.15) is 11.9 Å². The molecule has 6 heteroatoms. The van der Waals surface area contributed by atoms with E-state index in [-0.39, 0.29) is 18.4 Å². The van der Waals surface area contributed by atoms with Crippen molar-refractivity contribution in [1.29, 1.82) is 5.26 Å². The van der Waals surface area contributed by atoms with Crippen LogP contribution in [-0.4, -0.2) is 39.6 Å². The van der Waals surface area contributed by atoms with Gasteiger partial charge < -0.3 is 10.0 Å². The molecule has 4 rings (SSSR count). The highest BCUT2D eigenvalue weighted by Gasteiger charge is 2.36.